The lowest BCUT2D eigenvalue weighted by molar-refractivity contribution is 0.0940. The molecule has 1 atom stereocenters. The van der Waals surface area contributed by atoms with Crippen LogP contribution in [0.25, 0.3) is 0 Å². The van der Waals surface area contributed by atoms with Crippen molar-refractivity contribution in [2.24, 2.45) is 11.3 Å². The molecule has 25 heavy (non-hydrogen) atoms. The number of rotatable bonds is 4. The minimum atomic E-state index is -0.235. The molecule has 3 rings (SSSR count). The Morgan fingerprint density at radius 1 is 1.48 bits per heavy atom. The van der Waals surface area contributed by atoms with E-state index >= 15 is 0 Å². The fourth-order valence-corrected chi connectivity index (χ4v) is 3.51. The number of fused-ring (bicyclic) bond motifs is 1. The molecular weight excluding hydrogens is 340 g/mol. The topological polar surface area (TPSA) is 73.0 Å². The summed E-state index contributed by atoms with van der Waals surface area (Å²) in [4.78, 5) is 12.6. The number of amides is 1. The van der Waals surface area contributed by atoms with E-state index in [1.165, 1.54) is 0 Å². The summed E-state index contributed by atoms with van der Waals surface area (Å²) in [5, 5.41) is 11.8. The molecule has 2 aromatic heterocycles. The lowest BCUT2D eigenvalue weighted by atomic mass is 9.71. The van der Waals surface area contributed by atoms with Crippen LogP contribution in [0.2, 0.25) is 5.02 Å². The van der Waals surface area contributed by atoms with Crippen molar-refractivity contribution in [1.82, 2.24) is 20.3 Å². The quantitative estimate of drug-likeness (QED) is 0.899. The van der Waals surface area contributed by atoms with E-state index in [1.807, 2.05) is 6.92 Å². The summed E-state index contributed by atoms with van der Waals surface area (Å²) in [7, 11) is 0. The van der Waals surface area contributed by atoms with Gasteiger partial charge in [0, 0.05) is 24.7 Å². The lowest BCUT2D eigenvalue weighted by Gasteiger charge is -2.33. The zero-order valence-electron chi connectivity index (χ0n) is 15.2. The molecule has 1 aliphatic carbocycles. The van der Waals surface area contributed by atoms with Crippen molar-refractivity contribution in [2.75, 3.05) is 0 Å². The molecule has 136 valence electrons. The first kappa shape index (κ1) is 18.0. The predicted octanol–water partition coefficient (Wildman–Crippen LogP) is 3.63. The van der Waals surface area contributed by atoms with Gasteiger partial charge in [-0.15, -0.1) is 0 Å². The van der Waals surface area contributed by atoms with E-state index in [2.05, 4.69) is 36.3 Å². The van der Waals surface area contributed by atoms with Crippen molar-refractivity contribution in [3.63, 3.8) is 0 Å². The van der Waals surface area contributed by atoms with Gasteiger partial charge in [-0.3, -0.25) is 9.48 Å². The summed E-state index contributed by atoms with van der Waals surface area (Å²) >= 11 is 6.15. The highest BCUT2D eigenvalue weighted by Crippen LogP contribution is 2.38. The molecule has 7 heteroatoms. The Hall–Kier alpha value is -1.82. The standard InChI is InChI=1S/C18H25ClN4O2/c1-5-23-10-13(19)14(21-23)9-20-17(24)16-12-8-11(18(2,3)4)6-7-15(12)25-22-16/h10-11H,5-9H2,1-4H3,(H,20,24). The number of aryl methyl sites for hydroxylation is 2. The predicted molar refractivity (Wildman–Crippen MR) is 95.6 cm³/mol. The summed E-state index contributed by atoms with van der Waals surface area (Å²) < 4.78 is 7.16. The second-order valence-corrected chi connectivity index (χ2v) is 8.11. The van der Waals surface area contributed by atoms with Crippen LogP contribution in [0.3, 0.4) is 0 Å². The highest BCUT2D eigenvalue weighted by Gasteiger charge is 2.34. The third-order valence-corrected chi connectivity index (χ3v) is 5.32. The summed E-state index contributed by atoms with van der Waals surface area (Å²) in [5.74, 6) is 1.13. The average molecular weight is 365 g/mol. The molecule has 0 bridgehead atoms. The molecule has 0 aromatic carbocycles. The van der Waals surface area contributed by atoms with Crippen molar-refractivity contribution in [1.29, 1.82) is 0 Å². The highest BCUT2D eigenvalue weighted by molar-refractivity contribution is 6.31. The molecule has 0 saturated heterocycles. The van der Waals surface area contributed by atoms with E-state index in [1.54, 1.807) is 10.9 Å². The van der Waals surface area contributed by atoms with E-state index in [0.29, 0.717) is 22.3 Å². The van der Waals surface area contributed by atoms with Gasteiger partial charge >= 0.3 is 0 Å². The zero-order valence-corrected chi connectivity index (χ0v) is 16.0. The highest BCUT2D eigenvalue weighted by atomic mass is 35.5. The number of hydrogen-bond acceptors (Lipinski definition) is 4. The zero-order chi connectivity index (χ0) is 18.2. The lowest BCUT2D eigenvalue weighted by Crippen LogP contribution is -2.29. The van der Waals surface area contributed by atoms with Gasteiger partial charge in [0.05, 0.1) is 11.6 Å². The largest absolute Gasteiger partial charge is 0.360 e. The molecule has 0 saturated carbocycles. The number of aromatic nitrogens is 3. The molecule has 2 heterocycles. The maximum Gasteiger partial charge on any atom is 0.274 e. The Morgan fingerprint density at radius 3 is 2.88 bits per heavy atom. The van der Waals surface area contributed by atoms with Crippen LogP contribution in [0.4, 0.5) is 0 Å². The van der Waals surface area contributed by atoms with Crippen molar-refractivity contribution < 1.29 is 9.32 Å². The van der Waals surface area contributed by atoms with Crippen LogP contribution >= 0.6 is 11.6 Å². The SMILES string of the molecule is CCn1cc(Cl)c(CNC(=O)c2noc3c2CC(C(C)(C)C)CC3)n1. The van der Waals surface area contributed by atoms with Gasteiger partial charge in [0.2, 0.25) is 0 Å². The van der Waals surface area contributed by atoms with Crippen molar-refractivity contribution in [3.8, 4) is 0 Å². The van der Waals surface area contributed by atoms with E-state index in [4.69, 9.17) is 16.1 Å². The first-order valence-electron chi connectivity index (χ1n) is 8.77. The molecule has 0 fully saturated rings. The molecule has 1 aliphatic rings. The number of carbonyl (C=O) groups excluding carboxylic acids is 1. The Morgan fingerprint density at radius 2 is 2.24 bits per heavy atom. The molecule has 1 unspecified atom stereocenters. The molecule has 0 spiro atoms. The molecule has 0 aliphatic heterocycles. The van der Waals surface area contributed by atoms with Gasteiger partial charge in [-0.25, -0.2) is 0 Å². The Kier molecular flexibility index (Phi) is 4.91. The second kappa shape index (κ2) is 6.83. The van der Waals surface area contributed by atoms with Crippen molar-refractivity contribution >= 4 is 17.5 Å². The summed E-state index contributed by atoms with van der Waals surface area (Å²) in [6, 6.07) is 0. The van der Waals surface area contributed by atoms with Crippen LogP contribution in [0.5, 0.6) is 0 Å². The molecular formula is C18H25ClN4O2. The fourth-order valence-electron chi connectivity index (χ4n) is 3.29. The van der Waals surface area contributed by atoms with Gasteiger partial charge in [0.1, 0.15) is 11.5 Å². The van der Waals surface area contributed by atoms with Gasteiger partial charge in [-0.05, 0) is 31.1 Å². The summed E-state index contributed by atoms with van der Waals surface area (Å²) in [6.07, 6.45) is 4.49. The minimum Gasteiger partial charge on any atom is -0.360 e. The number of nitrogens with one attached hydrogen (secondary N) is 1. The number of halogens is 1. The van der Waals surface area contributed by atoms with Crippen LogP contribution in [0, 0.1) is 11.3 Å². The third-order valence-electron chi connectivity index (χ3n) is 5.01. The minimum absolute atomic E-state index is 0.198. The van der Waals surface area contributed by atoms with Gasteiger partial charge in [0.25, 0.3) is 5.91 Å². The van der Waals surface area contributed by atoms with Crippen LogP contribution in [-0.2, 0) is 25.9 Å². The Labute approximate surface area is 152 Å². The smallest absolute Gasteiger partial charge is 0.274 e. The normalized spacial score (nSPS) is 17.4. The summed E-state index contributed by atoms with van der Waals surface area (Å²) in [5.41, 5.74) is 2.20. The van der Waals surface area contributed by atoms with Crippen LogP contribution in [-0.4, -0.2) is 20.8 Å². The molecule has 0 radical (unpaired) electrons. The maximum absolute atomic E-state index is 12.6. The van der Waals surface area contributed by atoms with E-state index in [-0.39, 0.29) is 17.9 Å². The third kappa shape index (κ3) is 3.73. The molecule has 1 amide bonds. The van der Waals surface area contributed by atoms with Crippen LogP contribution in [0.15, 0.2) is 10.7 Å². The van der Waals surface area contributed by atoms with Crippen LogP contribution < -0.4 is 5.32 Å². The van der Waals surface area contributed by atoms with E-state index in [9.17, 15) is 4.79 Å². The number of nitrogens with zero attached hydrogens (tertiary/aromatic N) is 3. The summed E-state index contributed by atoms with van der Waals surface area (Å²) in [6.45, 7) is 9.71. The Bertz CT molecular complexity index is 773. The molecule has 2 aromatic rings. The van der Waals surface area contributed by atoms with Crippen molar-refractivity contribution in [3.05, 3.63) is 33.9 Å². The van der Waals surface area contributed by atoms with Crippen LogP contribution in [0.1, 0.15) is 61.6 Å². The van der Waals surface area contributed by atoms with Gasteiger partial charge in [-0.1, -0.05) is 37.5 Å². The number of carbonyl (C=O) groups is 1. The van der Waals surface area contributed by atoms with Gasteiger partial charge < -0.3 is 9.84 Å². The fraction of sp³-hybridized carbons (Fsp3) is 0.611. The van der Waals surface area contributed by atoms with Gasteiger partial charge in [0.15, 0.2) is 5.69 Å². The first-order valence-corrected chi connectivity index (χ1v) is 9.14. The van der Waals surface area contributed by atoms with Crippen molar-refractivity contribution in [2.45, 2.75) is 60.0 Å². The Balaban J connectivity index is 1.71. The number of hydrogen-bond donors (Lipinski definition) is 1. The average Bonchev–Trinajstić information content (AvgIpc) is 3.14. The monoisotopic (exact) mass is 364 g/mol. The van der Waals surface area contributed by atoms with E-state index < -0.39 is 0 Å². The first-order chi connectivity index (χ1) is 11.8. The van der Waals surface area contributed by atoms with E-state index in [0.717, 1.165) is 37.1 Å². The second-order valence-electron chi connectivity index (χ2n) is 7.70. The molecule has 1 N–H and O–H groups in total. The maximum atomic E-state index is 12.6. The molecule has 6 nitrogen and oxygen atoms in total. The van der Waals surface area contributed by atoms with Gasteiger partial charge in [-0.2, -0.15) is 5.10 Å².